The SMILES string of the molecule is CCn1ccnc1CN(CC1CCN(Cc2ccccc2F)CC1)CC1CCCO1. The van der Waals surface area contributed by atoms with E-state index in [0.717, 1.165) is 57.3 Å². The maximum Gasteiger partial charge on any atom is 0.127 e. The minimum atomic E-state index is -0.0891. The number of nitrogens with zero attached hydrogens (tertiary/aromatic N) is 4. The highest BCUT2D eigenvalue weighted by atomic mass is 19.1. The first-order chi connectivity index (χ1) is 14.7. The van der Waals surface area contributed by atoms with E-state index in [9.17, 15) is 4.39 Å². The zero-order valence-corrected chi connectivity index (χ0v) is 18.2. The van der Waals surface area contributed by atoms with Crippen molar-refractivity contribution in [2.24, 2.45) is 5.92 Å². The van der Waals surface area contributed by atoms with Gasteiger partial charge in [-0.25, -0.2) is 9.37 Å². The second-order valence-corrected chi connectivity index (χ2v) is 8.77. The van der Waals surface area contributed by atoms with E-state index in [0.29, 0.717) is 18.6 Å². The van der Waals surface area contributed by atoms with Crippen molar-refractivity contribution in [1.29, 1.82) is 0 Å². The summed E-state index contributed by atoms with van der Waals surface area (Å²) in [6, 6.07) is 7.15. The van der Waals surface area contributed by atoms with Crippen LogP contribution in [0.1, 0.15) is 44.0 Å². The predicted octanol–water partition coefficient (Wildman–Crippen LogP) is 3.94. The molecule has 2 fully saturated rings. The quantitative estimate of drug-likeness (QED) is 0.622. The molecule has 1 unspecified atom stereocenters. The van der Waals surface area contributed by atoms with Crippen molar-refractivity contribution in [2.75, 3.05) is 32.8 Å². The smallest absolute Gasteiger partial charge is 0.127 e. The molecule has 1 atom stereocenters. The van der Waals surface area contributed by atoms with Crippen LogP contribution in [0.5, 0.6) is 0 Å². The minimum absolute atomic E-state index is 0.0891. The van der Waals surface area contributed by atoms with Gasteiger partial charge in [0.15, 0.2) is 0 Å². The fourth-order valence-electron chi connectivity index (χ4n) is 4.82. The van der Waals surface area contributed by atoms with Crippen LogP contribution in [0.15, 0.2) is 36.7 Å². The molecule has 1 aromatic carbocycles. The highest BCUT2D eigenvalue weighted by Gasteiger charge is 2.25. The van der Waals surface area contributed by atoms with E-state index >= 15 is 0 Å². The molecule has 0 amide bonds. The molecule has 30 heavy (non-hydrogen) atoms. The van der Waals surface area contributed by atoms with Crippen molar-refractivity contribution in [3.63, 3.8) is 0 Å². The van der Waals surface area contributed by atoms with Crippen molar-refractivity contribution in [3.8, 4) is 0 Å². The molecule has 2 aliphatic heterocycles. The van der Waals surface area contributed by atoms with Crippen LogP contribution in [0.3, 0.4) is 0 Å². The Morgan fingerprint density at radius 1 is 1.17 bits per heavy atom. The average Bonchev–Trinajstić information content (AvgIpc) is 3.43. The monoisotopic (exact) mass is 414 g/mol. The van der Waals surface area contributed by atoms with Gasteiger partial charge in [0.2, 0.25) is 0 Å². The standard InChI is InChI=1S/C24H35FN4O/c1-2-29-14-11-26-24(29)19-28(18-22-7-5-15-30-22)16-20-9-12-27(13-10-20)17-21-6-3-4-8-23(21)25/h3-4,6,8,11,14,20,22H,2,5,7,9-10,12-13,15-19H2,1H3. The van der Waals surface area contributed by atoms with Crippen LogP contribution in [0.4, 0.5) is 4.39 Å². The van der Waals surface area contributed by atoms with Gasteiger partial charge in [0.25, 0.3) is 0 Å². The molecule has 5 nitrogen and oxygen atoms in total. The van der Waals surface area contributed by atoms with Crippen molar-refractivity contribution < 1.29 is 9.13 Å². The van der Waals surface area contributed by atoms with Gasteiger partial charge >= 0.3 is 0 Å². The van der Waals surface area contributed by atoms with Crippen LogP contribution in [0, 0.1) is 11.7 Å². The van der Waals surface area contributed by atoms with Crippen LogP contribution in [-0.2, 0) is 24.4 Å². The third kappa shape index (κ3) is 5.68. The molecule has 164 valence electrons. The molecule has 2 aromatic rings. The van der Waals surface area contributed by atoms with Crippen LogP contribution in [0.25, 0.3) is 0 Å². The minimum Gasteiger partial charge on any atom is -0.377 e. The number of aromatic nitrogens is 2. The lowest BCUT2D eigenvalue weighted by atomic mass is 9.95. The second kappa shape index (κ2) is 10.5. The van der Waals surface area contributed by atoms with Crippen LogP contribution in [0.2, 0.25) is 0 Å². The van der Waals surface area contributed by atoms with E-state index in [1.165, 1.54) is 25.7 Å². The summed E-state index contributed by atoms with van der Waals surface area (Å²) >= 11 is 0. The number of ether oxygens (including phenoxy) is 1. The third-order valence-corrected chi connectivity index (χ3v) is 6.57. The Hall–Kier alpha value is -1.76. The normalized spacial score (nSPS) is 21.0. The molecule has 0 bridgehead atoms. The first-order valence-electron chi connectivity index (χ1n) is 11.5. The number of hydrogen-bond acceptors (Lipinski definition) is 4. The zero-order chi connectivity index (χ0) is 20.8. The number of benzene rings is 1. The number of likely N-dealkylation sites (tertiary alicyclic amines) is 1. The number of imidazole rings is 1. The Balaban J connectivity index is 1.32. The van der Waals surface area contributed by atoms with E-state index in [1.54, 1.807) is 12.1 Å². The molecule has 6 heteroatoms. The largest absolute Gasteiger partial charge is 0.377 e. The highest BCUT2D eigenvalue weighted by Crippen LogP contribution is 2.23. The summed E-state index contributed by atoms with van der Waals surface area (Å²) in [5, 5.41) is 0. The molecule has 1 aromatic heterocycles. The Bertz CT molecular complexity index is 781. The maximum atomic E-state index is 14.0. The molecule has 0 radical (unpaired) electrons. The zero-order valence-electron chi connectivity index (χ0n) is 18.2. The summed E-state index contributed by atoms with van der Waals surface area (Å²) in [5.41, 5.74) is 0.808. The number of piperidine rings is 1. The average molecular weight is 415 g/mol. The van der Waals surface area contributed by atoms with Gasteiger partial charge in [-0.15, -0.1) is 0 Å². The lowest BCUT2D eigenvalue weighted by Crippen LogP contribution is -2.41. The predicted molar refractivity (Wildman–Crippen MR) is 117 cm³/mol. The molecule has 0 N–H and O–H groups in total. The van der Waals surface area contributed by atoms with Gasteiger partial charge in [-0.1, -0.05) is 18.2 Å². The van der Waals surface area contributed by atoms with E-state index in [2.05, 4.69) is 32.5 Å². The van der Waals surface area contributed by atoms with Gasteiger partial charge in [0.05, 0.1) is 12.6 Å². The first kappa shape index (κ1) is 21.5. The van der Waals surface area contributed by atoms with Crippen LogP contribution < -0.4 is 0 Å². The van der Waals surface area contributed by atoms with E-state index in [1.807, 2.05) is 18.3 Å². The van der Waals surface area contributed by atoms with E-state index in [4.69, 9.17) is 4.74 Å². The Morgan fingerprint density at radius 2 is 2.00 bits per heavy atom. The molecular formula is C24H35FN4O. The van der Waals surface area contributed by atoms with Crippen molar-refractivity contribution >= 4 is 0 Å². The second-order valence-electron chi connectivity index (χ2n) is 8.77. The van der Waals surface area contributed by atoms with E-state index in [-0.39, 0.29) is 5.82 Å². The van der Waals surface area contributed by atoms with Gasteiger partial charge in [0, 0.05) is 50.7 Å². The van der Waals surface area contributed by atoms with Gasteiger partial charge in [-0.2, -0.15) is 0 Å². The van der Waals surface area contributed by atoms with Gasteiger partial charge in [-0.05, 0) is 57.7 Å². The molecular weight excluding hydrogens is 379 g/mol. The van der Waals surface area contributed by atoms with Crippen molar-refractivity contribution in [2.45, 2.75) is 58.3 Å². The number of hydrogen-bond donors (Lipinski definition) is 0. The number of rotatable bonds is 9. The summed E-state index contributed by atoms with van der Waals surface area (Å²) in [4.78, 5) is 9.55. The van der Waals surface area contributed by atoms with Gasteiger partial charge in [0.1, 0.15) is 11.6 Å². The summed E-state index contributed by atoms with van der Waals surface area (Å²) < 4.78 is 22.1. The molecule has 2 aliphatic rings. The Labute approximate surface area is 179 Å². The van der Waals surface area contributed by atoms with Crippen molar-refractivity contribution in [1.82, 2.24) is 19.4 Å². The molecule has 2 saturated heterocycles. The summed E-state index contributed by atoms with van der Waals surface area (Å²) in [7, 11) is 0. The molecule has 3 heterocycles. The van der Waals surface area contributed by atoms with E-state index < -0.39 is 0 Å². The topological polar surface area (TPSA) is 33.5 Å². The molecule has 0 aliphatic carbocycles. The van der Waals surface area contributed by atoms with Crippen molar-refractivity contribution in [3.05, 3.63) is 53.9 Å². The molecule has 0 spiro atoms. The Kier molecular flexibility index (Phi) is 7.52. The fourth-order valence-corrected chi connectivity index (χ4v) is 4.82. The number of aryl methyl sites for hydroxylation is 1. The lowest BCUT2D eigenvalue weighted by Gasteiger charge is -2.35. The van der Waals surface area contributed by atoms with Gasteiger partial charge in [-0.3, -0.25) is 9.80 Å². The van der Waals surface area contributed by atoms with Crippen LogP contribution >= 0.6 is 0 Å². The van der Waals surface area contributed by atoms with Crippen LogP contribution in [-0.4, -0.2) is 58.2 Å². The summed E-state index contributed by atoms with van der Waals surface area (Å²) in [6.45, 7) is 9.78. The number of halogens is 1. The highest BCUT2D eigenvalue weighted by molar-refractivity contribution is 5.17. The summed E-state index contributed by atoms with van der Waals surface area (Å²) in [6.07, 6.45) is 9.01. The maximum absolute atomic E-state index is 14.0. The summed E-state index contributed by atoms with van der Waals surface area (Å²) in [5.74, 6) is 1.73. The Morgan fingerprint density at radius 3 is 2.73 bits per heavy atom. The first-order valence-corrected chi connectivity index (χ1v) is 11.5. The lowest BCUT2D eigenvalue weighted by molar-refractivity contribution is 0.0555. The molecule has 0 saturated carbocycles. The van der Waals surface area contributed by atoms with Gasteiger partial charge < -0.3 is 9.30 Å². The fraction of sp³-hybridized carbons (Fsp3) is 0.625. The third-order valence-electron chi connectivity index (χ3n) is 6.57. The molecule has 4 rings (SSSR count).